The Hall–Kier alpha value is -5.67. The minimum absolute atomic E-state index is 0.0174. The average Bonchev–Trinajstić information content (AvgIpc) is 3.27. The SMILES string of the molecule is COc1ccc([CH]c2ccc(OC)cc2C(=O)NC(=O)[C@H](CC(=O)O)N(C(C)=O)N2C(=O)NC(CCCNC(=N)N)C2=O)cc1. The second kappa shape index (κ2) is 15.2. The van der Waals surface area contributed by atoms with Crippen LogP contribution in [0.1, 0.15) is 47.7 Å². The Kier molecular flexibility index (Phi) is 11.4. The number of carboxylic acids is 1. The van der Waals surface area contributed by atoms with E-state index in [1.165, 1.54) is 20.3 Å². The fourth-order valence-corrected chi connectivity index (χ4v) is 4.53. The molecule has 45 heavy (non-hydrogen) atoms. The number of imide groups is 2. The van der Waals surface area contributed by atoms with Gasteiger partial charge >= 0.3 is 12.0 Å². The van der Waals surface area contributed by atoms with E-state index >= 15 is 0 Å². The highest BCUT2D eigenvalue weighted by Crippen LogP contribution is 2.24. The van der Waals surface area contributed by atoms with E-state index in [9.17, 15) is 33.9 Å². The average molecular weight is 625 g/mol. The number of nitrogens with zero attached hydrogens (tertiary/aromatic N) is 2. The lowest BCUT2D eigenvalue weighted by atomic mass is 9.98. The molecular formula is C29H34N7O9. The first-order valence-electron chi connectivity index (χ1n) is 13.6. The summed E-state index contributed by atoms with van der Waals surface area (Å²) in [7, 11) is 2.90. The number of nitrogens with one attached hydrogen (secondary N) is 4. The quantitative estimate of drug-likeness (QED) is 0.0726. The van der Waals surface area contributed by atoms with Crippen LogP contribution in [0, 0.1) is 11.8 Å². The molecule has 0 saturated carbocycles. The number of carboxylic acid groups (broad SMARTS) is 1. The second-order valence-corrected chi connectivity index (χ2v) is 9.80. The van der Waals surface area contributed by atoms with Gasteiger partial charge in [0, 0.05) is 25.5 Å². The molecule has 1 saturated heterocycles. The van der Waals surface area contributed by atoms with Crippen LogP contribution in [0.25, 0.3) is 0 Å². The number of hydrazine groups is 1. The Labute approximate surface area is 258 Å². The van der Waals surface area contributed by atoms with E-state index in [2.05, 4.69) is 16.0 Å². The highest BCUT2D eigenvalue weighted by Gasteiger charge is 2.47. The summed E-state index contributed by atoms with van der Waals surface area (Å²) in [4.78, 5) is 77.4. The number of amides is 6. The molecule has 0 aromatic heterocycles. The molecule has 239 valence electrons. The number of carbonyl (C=O) groups is 6. The lowest BCUT2D eigenvalue weighted by Crippen LogP contribution is -2.60. The Morgan fingerprint density at radius 2 is 1.76 bits per heavy atom. The molecule has 0 aliphatic carbocycles. The molecule has 1 unspecified atom stereocenters. The number of hydrogen-bond donors (Lipinski definition) is 6. The monoisotopic (exact) mass is 624 g/mol. The molecule has 3 rings (SSSR count). The van der Waals surface area contributed by atoms with Gasteiger partial charge in [-0.05, 0) is 48.2 Å². The summed E-state index contributed by atoms with van der Waals surface area (Å²) < 4.78 is 10.4. The Morgan fingerprint density at radius 3 is 2.33 bits per heavy atom. The maximum atomic E-state index is 13.5. The van der Waals surface area contributed by atoms with Crippen LogP contribution in [0.2, 0.25) is 0 Å². The van der Waals surface area contributed by atoms with Crippen molar-refractivity contribution in [3.05, 3.63) is 65.6 Å². The largest absolute Gasteiger partial charge is 0.497 e. The fourth-order valence-electron chi connectivity index (χ4n) is 4.53. The molecule has 16 heteroatoms. The maximum Gasteiger partial charge on any atom is 0.344 e. The highest BCUT2D eigenvalue weighted by molar-refractivity contribution is 6.10. The van der Waals surface area contributed by atoms with Gasteiger partial charge in [0.05, 0.1) is 20.6 Å². The number of guanidine groups is 1. The topological polar surface area (TPSA) is 234 Å². The molecule has 1 radical (unpaired) electrons. The van der Waals surface area contributed by atoms with Crippen molar-refractivity contribution in [3.8, 4) is 11.5 Å². The number of hydrogen-bond acceptors (Lipinski definition) is 9. The molecule has 2 atom stereocenters. The summed E-state index contributed by atoms with van der Waals surface area (Å²) in [6.45, 7) is 1.16. The van der Waals surface area contributed by atoms with Gasteiger partial charge in [0.15, 0.2) is 5.96 Å². The first kappa shape index (κ1) is 33.8. The van der Waals surface area contributed by atoms with E-state index in [0.717, 1.165) is 6.92 Å². The van der Waals surface area contributed by atoms with E-state index in [4.69, 9.17) is 20.6 Å². The van der Waals surface area contributed by atoms with Crippen molar-refractivity contribution < 1.29 is 43.3 Å². The van der Waals surface area contributed by atoms with Gasteiger partial charge in [-0.25, -0.2) is 9.80 Å². The van der Waals surface area contributed by atoms with Gasteiger partial charge in [-0.2, -0.15) is 5.01 Å². The smallest absolute Gasteiger partial charge is 0.344 e. The summed E-state index contributed by atoms with van der Waals surface area (Å²) in [5.74, 6) is -5.02. The molecule has 2 aromatic rings. The number of methoxy groups -OCH3 is 2. The Morgan fingerprint density at radius 1 is 1.11 bits per heavy atom. The first-order chi connectivity index (χ1) is 21.4. The zero-order valence-electron chi connectivity index (χ0n) is 24.8. The predicted molar refractivity (Wildman–Crippen MR) is 158 cm³/mol. The van der Waals surface area contributed by atoms with E-state index in [0.29, 0.717) is 33.3 Å². The van der Waals surface area contributed by atoms with Crippen LogP contribution >= 0.6 is 0 Å². The molecule has 1 aliphatic heterocycles. The highest BCUT2D eigenvalue weighted by atomic mass is 16.5. The van der Waals surface area contributed by atoms with E-state index in [1.54, 1.807) is 42.8 Å². The van der Waals surface area contributed by atoms with Crippen molar-refractivity contribution in [2.75, 3.05) is 20.8 Å². The molecule has 1 fully saturated rings. The standard InChI is InChI=1S/C29H34N7O9/c1-16(37)35(36-27(42)22(33-29(36)43)5-4-12-32-28(30)31)23(15-24(38)39)26(41)34-25(40)21-14-20(45-3)11-8-18(21)13-17-6-9-19(44-2)10-7-17/h6-11,13-14,22-23H,4-5,12,15H2,1-3H3,(H,33,43)(H,38,39)(H4,30,31,32)(H,34,40,41)/t22?,23-/m0/s1. The molecule has 1 aliphatic rings. The number of nitrogens with two attached hydrogens (primary N) is 1. The van der Waals surface area contributed by atoms with Crippen molar-refractivity contribution in [1.82, 2.24) is 26.0 Å². The fraction of sp³-hybridized carbons (Fsp3) is 0.310. The molecule has 0 spiro atoms. The van der Waals surface area contributed by atoms with Crippen LogP contribution in [0.4, 0.5) is 4.79 Å². The van der Waals surface area contributed by atoms with Crippen LogP contribution in [0.3, 0.4) is 0 Å². The van der Waals surface area contributed by atoms with Crippen molar-refractivity contribution >= 4 is 41.6 Å². The first-order valence-corrected chi connectivity index (χ1v) is 13.6. The molecule has 2 aromatic carbocycles. The van der Waals surface area contributed by atoms with Gasteiger partial charge in [-0.1, -0.05) is 18.2 Å². The van der Waals surface area contributed by atoms with Crippen molar-refractivity contribution in [2.24, 2.45) is 5.73 Å². The molecular weight excluding hydrogens is 590 g/mol. The van der Waals surface area contributed by atoms with Gasteiger partial charge in [-0.3, -0.25) is 34.7 Å². The normalized spacial score (nSPS) is 14.6. The van der Waals surface area contributed by atoms with Crippen LogP contribution < -0.4 is 31.2 Å². The van der Waals surface area contributed by atoms with Crippen LogP contribution in [-0.2, 0) is 19.2 Å². The molecule has 0 bridgehead atoms. The van der Waals surface area contributed by atoms with E-state index in [-0.39, 0.29) is 30.2 Å². The number of carbonyl (C=O) groups excluding carboxylic acids is 5. The molecule has 7 N–H and O–H groups in total. The van der Waals surface area contributed by atoms with Gasteiger partial charge < -0.3 is 30.9 Å². The van der Waals surface area contributed by atoms with Crippen molar-refractivity contribution in [1.29, 1.82) is 5.41 Å². The Balaban J connectivity index is 1.87. The number of rotatable bonds is 14. The van der Waals surface area contributed by atoms with Crippen molar-refractivity contribution in [2.45, 2.75) is 38.3 Å². The lowest BCUT2D eigenvalue weighted by molar-refractivity contribution is -0.164. The van der Waals surface area contributed by atoms with Crippen LogP contribution in [0.5, 0.6) is 11.5 Å². The zero-order chi connectivity index (χ0) is 33.3. The van der Waals surface area contributed by atoms with E-state index in [1.807, 2.05) is 0 Å². The number of ether oxygens (including phenoxy) is 2. The molecule has 1 heterocycles. The molecule has 16 nitrogen and oxygen atoms in total. The summed E-state index contributed by atoms with van der Waals surface area (Å²) >= 11 is 0. The Bertz CT molecular complexity index is 1480. The van der Waals surface area contributed by atoms with Gasteiger partial charge in [0.1, 0.15) is 23.6 Å². The van der Waals surface area contributed by atoms with Gasteiger partial charge in [-0.15, -0.1) is 0 Å². The van der Waals surface area contributed by atoms with Crippen LogP contribution in [0.15, 0.2) is 42.5 Å². The zero-order valence-corrected chi connectivity index (χ0v) is 24.8. The van der Waals surface area contributed by atoms with Gasteiger partial charge in [0.2, 0.25) is 5.91 Å². The van der Waals surface area contributed by atoms with Crippen molar-refractivity contribution in [3.63, 3.8) is 0 Å². The third kappa shape index (κ3) is 8.68. The second-order valence-electron chi connectivity index (χ2n) is 9.80. The summed E-state index contributed by atoms with van der Waals surface area (Å²) in [5.41, 5.74) is 6.28. The minimum Gasteiger partial charge on any atom is -0.497 e. The van der Waals surface area contributed by atoms with Crippen LogP contribution in [-0.4, -0.2) is 89.6 Å². The maximum absolute atomic E-state index is 13.5. The third-order valence-electron chi connectivity index (χ3n) is 6.67. The summed E-state index contributed by atoms with van der Waals surface area (Å²) in [6, 6.07) is 7.36. The van der Waals surface area contributed by atoms with E-state index < -0.39 is 54.1 Å². The lowest BCUT2D eigenvalue weighted by Gasteiger charge is -2.33. The number of aliphatic carboxylic acids is 1. The number of urea groups is 1. The summed E-state index contributed by atoms with van der Waals surface area (Å²) in [6.07, 6.45) is 1.01. The third-order valence-corrected chi connectivity index (χ3v) is 6.67. The molecule has 6 amide bonds. The summed E-state index contributed by atoms with van der Waals surface area (Å²) in [5, 5.41) is 24.6. The predicted octanol–water partition coefficient (Wildman–Crippen LogP) is 0.351. The minimum atomic E-state index is -1.96. The number of benzene rings is 2. The van der Waals surface area contributed by atoms with Gasteiger partial charge in [0.25, 0.3) is 17.7 Å².